The van der Waals surface area contributed by atoms with Crippen molar-refractivity contribution in [3.8, 4) is 0 Å². The summed E-state index contributed by atoms with van der Waals surface area (Å²) in [6.07, 6.45) is 0. The highest BCUT2D eigenvalue weighted by Gasteiger charge is 2.05. The second kappa shape index (κ2) is 3.57. The van der Waals surface area contributed by atoms with Crippen molar-refractivity contribution in [3.05, 3.63) is 48.4 Å². The highest BCUT2D eigenvalue weighted by Crippen LogP contribution is 2.01. The number of carbonyl (C=O) groups excluding carboxylic acids is 1. The molecule has 0 bridgehead atoms. The highest BCUT2D eigenvalue weighted by atomic mass is 16.5. The lowest BCUT2D eigenvalue weighted by Gasteiger charge is -2.00. The predicted molar refractivity (Wildman–Crippen MR) is 45.2 cm³/mol. The number of carbonyl (C=O) groups is 1. The van der Waals surface area contributed by atoms with Gasteiger partial charge >= 0.3 is 5.97 Å². The summed E-state index contributed by atoms with van der Waals surface area (Å²) >= 11 is 0. The maximum atomic E-state index is 11.1. The minimum absolute atomic E-state index is 0.0937. The van der Waals surface area contributed by atoms with E-state index in [9.17, 15) is 4.79 Å². The van der Waals surface area contributed by atoms with Gasteiger partial charge in [0.25, 0.3) is 0 Å². The van der Waals surface area contributed by atoms with E-state index in [0.29, 0.717) is 5.56 Å². The van der Waals surface area contributed by atoms with Gasteiger partial charge in [-0.3, -0.25) is 0 Å². The fraction of sp³-hybridized carbons (Fsp3) is 0. The average Bonchev–Trinajstić information content (AvgIpc) is 2.05. The maximum Gasteiger partial charge on any atom is 0.344 e. The molecule has 3 nitrogen and oxygen atoms in total. The monoisotopic (exact) mass is 163 g/mol. The number of rotatable bonds is 2. The summed E-state index contributed by atoms with van der Waals surface area (Å²) in [5.74, 6) is -0.577. The molecule has 3 heteroatoms. The molecule has 12 heavy (non-hydrogen) atoms. The van der Waals surface area contributed by atoms with Gasteiger partial charge in [0.15, 0.2) is 5.88 Å². The number of hydrogen-bond acceptors (Lipinski definition) is 3. The van der Waals surface area contributed by atoms with E-state index in [2.05, 4.69) is 11.3 Å². The van der Waals surface area contributed by atoms with Gasteiger partial charge in [0.05, 0.1) is 5.56 Å². The highest BCUT2D eigenvalue weighted by molar-refractivity contribution is 5.89. The van der Waals surface area contributed by atoms with Gasteiger partial charge in [-0.2, -0.15) is 0 Å². The molecule has 1 aromatic carbocycles. The molecule has 0 saturated carbocycles. The molecule has 0 heterocycles. The Morgan fingerprint density at radius 2 is 1.92 bits per heavy atom. The summed E-state index contributed by atoms with van der Waals surface area (Å²) in [6.45, 7) is 3.26. The zero-order chi connectivity index (χ0) is 8.97. The molecule has 0 amide bonds. The van der Waals surface area contributed by atoms with Gasteiger partial charge in [0.1, 0.15) is 0 Å². The summed E-state index contributed by atoms with van der Waals surface area (Å²) in [5.41, 5.74) is 5.56. The summed E-state index contributed by atoms with van der Waals surface area (Å²) in [5, 5.41) is 0. The largest absolute Gasteiger partial charge is 0.407 e. The first-order valence-electron chi connectivity index (χ1n) is 3.42. The zero-order valence-electron chi connectivity index (χ0n) is 6.49. The fourth-order valence-corrected chi connectivity index (χ4v) is 0.752. The number of nitrogens with two attached hydrogens (primary N) is 1. The Labute approximate surface area is 70.5 Å². The minimum Gasteiger partial charge on any atom is -0.407 e. The van der Waals surface area contributed by atoms with Crippen molar-refractivity contribution in [2.24, 2.45) is 5.73 Å². The van der Waals surface area contributed by atoms with E-state index in [0.717, 1.165) is 0 Å². The van der Waals surface area contributed by atoms with E-state index in [-0.39, 0.29) is 5.88 Å². The van der Waals surface area contributed by atoms with E-state index >= 15 is 0 Å². The van der Waals surface area contributed by atoms with Crippen LogP contribution in [0.1, 0.15) is 10.4 Å². The molecule has 0 radical (unpaired) electrons. The smallest absolute Gasteiger partial charge is 0.344 e. The molecule has 0 aliphatic heterocycles. The lowest BCUT2D eigenvalue weighted by molar-refractivity contribution is 0.0623. The molecule has 0 atom stereocenters. The van der Waals surface area contributed by atoms with Gasteiger partial charge in [0.2, 0.25) is 0 Å². The molecule has 0 aliphatic carbocycles. The van der Waals surface area contributed by atoms with E-state index in [1.165, 1.54) is 0 Å². The summed E-state index contributed by atoms with van der Waals surface area (Å²) in [6, 6.07) is 8.59. The Bertz CT molecular complexity index is 293. The lowest BCUT2D eigenvalue weighted by atomic mass is 10.2. The second-order valence-electron chi connectivity index (χ2n) is 2.22. The molecule has 0 unspecified atom stereocenters. The van der Waals surface area contributed by atoms with Crippen molar-refractivity contribution in [1.29, 1.82) is 0 Å². The predicted octanol–water partition coefficient (Wildman–Crippen LogP) is 1.27. The lowest BCUT2D eigenvalue weighted by Crippen LogP contribution is -2.09. The Morgan fingerprint density at radius 3 is 2.42 bits per heavy atom. The van der Waals surface area contributed by atoms with Gasteiger partial charge < -0.3 is 10.5 Å². The average molecular weight is 163 g/mol. The van der Waals surface area contributed by atoms with Crippen LogP contribution in [0.25, 0.3) is 0 Å². The molecule has 62 valence electrons. The number of ether oxygens (including phenoxy) is 1. The molecule has 1 aromatic rings. The van der Waals surface area contributed by atoms with Crippen LogP contribution >= 0.6 is 0 Å². The third-order valence-electron chi connectivity index (χ3n) is 1.23. The SMILES string of the molecule is C=C(N)OC(=O)c1ccccc1. The summed E-state index contributed by atoms with van der Waals surface area (Å²) in [7, 11) is 0. The normalized spacial score (nSPS) is 9.00. The Morgan fingerprint density at radius 1 is 1.33 bits per heavy atom. The van der Waals surface area contributed by atoms with Crippen LogP contribution in [0.15, 0.2) is 42.8 Å². The van der Waals surface area contributed by atoms with E-state index in [1.54, 1.807) is 24.3 Å². The van der Waals surface area contributed by atoms with Gasteiger partial charge in [-0.15, -0.1) is 0 Å². The van der Waals surface area contributed by atoms with Gasteiger partial charge in [-0.05, 0) is 18.7 Å². The Kier molecular flexibility index (Phi) is 2.48. The van der Waals surface area contributed by atoms with Crippen LogP contribution < -0.4 is 5.73 Å². The van der Waals surface area contributed by atoms with E-state index in [4.69, 9.17) is 5.73 Å². The fourth-order valence-electron chi connectivity index (χ4n) is 0.752. The van der Waals surface area contributed by atoms with E-state index < -0.39 is 5.97 Å². The maximum absolute atomic E-state index is 11.1. The zero-order valence-corrected chi connectivity index (χ0v) is 6.49. The third kappa shape index (κ3) is 2.12. The number of hydrogen-bond donors (Lipinski definition) is 1. The van der Waals surface area contributed by atoms with E-state index in [1.807, 2.05) is 6.07 Å². The number of esters is 1. The topological polar surface area (TPSA) is 52.3 Å². The van der Waals surface area contributed by atoms with Crippen LogP contribution in [0.5, 0.6) is 0 Å². The van der Waals surface area contributed by atoms with Gasteiger partial charge in [-0.1, -0.05) is 18.2 Å². The van der Waals surface area contributed by atoms with Crippen molar-refractivity contribution >= 4 is 5.97 Å². The number of benzene rings is 1. The summed E-state index contributed by atoms with van der Waals surface area (Å²) < 4.78 is 4.58. The van der Waals surface area contributed by atoms with Crippen LogP contribution in [0, 0.1) is 0 Å². The molecule has 0 saturated heterocycles. The summed E-state index contributed by atoms with van der Waals surface area (Å²) in [4.78, 5) is 11.1. The molecular weight excluding hydrogens is 154 g/mol. The molecule has 2 N–H and O–H groups in total. The third-order valence-corrected chi connectivity index (χ3v) is 1.23. The molecule has 1 rings (SSSR count). The molecule has 0 aliphatic rings. The van der Waals surface area contributed by atoms with Crippen molar-refractivity contribution < 1.29 is 9.53 Å². The van der Waals surface area contributed by atoms with Gasteiger partial charge in [0, 0.05) is 0 Å². The van der Waals surface area contributed by atoms with Crippen LogP contribution in [0.4, 0.5) is 0 Å². The molecule has 0 fully saturated rings. The van der Waals surface area contributed by atoms with Crippen LogP contribution in [-0.4, -0.2) is 5.97 Å². The van der Waals surface area contributed by atoms with Crippen molar-refractivity contribution in [3.63, 3.8) is 0 Å². The molecule has 0 aromatic heterocycles. The quantitative estimate of drug-likeness (QED) is 0.527. The van der Waals surface area contributed by atoms with Crippen LogP contribution in [0.3, 0.4) is 0 Å². The molecular formula is C9H9NO2. The Hall–Kier alpha value is -1.77. The first-order valence-corrected chi connectivity index (χ1v) is 3.42. The second-order valence-corrected chi connectivity index (χ2v) is 2.22. The van der Waals surface area contributed by atoms with Crippen molar-refractivity contribution in [2.45, 2.75) is 0 Å². The van der Waals surface area contributed by atoms with Crippen molar-refractivity contribution in [2.75, 3.05) is 0 Å². The van der Waals surface area contributed by atoms with Crippen LogP contribution in [0.2, 0.25) is 0 Å². The van der Waals surface area contributed by atoms with Crippen LogP contribution in [-0.2, 0) is 4.74 Å². The Balaban J connectivity index is 2.73. The van der Waals surface area contributed by atoms with Gasteiger partial charge in [-0.25, -0.2) is 4.79 Å². The first-order chi connectivity index (χ1) is 5.70. The first kappa shape index (κ1) is 8.33. The molecule has 0 spiro atoms. The standard InChI is InChI=1S/C9H9NO2/c1-7(10)12-9(11)8-5-3-2-4-6-8/h2-6H,1,10H2. The minimum atomic E-state index is -0.483. The van der Waals surface area contributed by atoms with Crippen molar-refractivity contribution in [1.82, 2.24) is 0 Å².